The number of aryl methyl sites for hydroxylation is 1. The fourth-order valence-corrected chi connectivity index (χ4v) is 9.49. The smallest absolute Gasteiger partial charge is 0.252 e. The van der Waals surface area contributed by atoms with Gasteiger partial charge in [0.1, 0.15) is 23.2 Å². The molecule has 0 bridgehead atoms. The first-order valence-electron chi connectivity index (χ1n) is 12.4. The molecule has 0 heterocycles. The minimum absolute atomic E-state index is 0.226. The molecule has 38 heavy (non-hydrogen) atoms. The first-order valence-corrected chi connectivity index (χ1v) is 16.1. The van der Waals surface area contributed by atoms with Gasteiger partial charge in [0.05, 0.1) is 12.7 Å². The maximum absolute atomic E-state index is 13.0. The van der Waals surface area contributed by atoms with E-state index in [1.807, 2.05) is 53.8 Å². The van der Waals surface area contributed by atoms with Crippen LogP contribution in [0.4, 0.5) is 0 Å². The number of alkyl halides is 2. The number of nitrogens with one attached hydrogen (secondary N) is 2. The zero-order valence-corrected chi connectivity index (χ0v) is 24.9. The van der Waals surface area contributed by atoms with Crippen molar-refractivity contribution in [3.05, 3.63) is 126 Å². The third kappa shape index (κ3) is 6.45. The SMILES string of the molecule is Cc1ccc(C(=O)NC(I)C(=O)NCC[P+](c2ccccc2)(c2ccccc2)c2ccccc2)cc1CCl. The normalized spacial score (nSPS) is 12.0. The highest BCUT2D eigenvalue weighted by molar-refractivity contribution is 14.1. The van der Waals surface area contributed by atoms with E-state index in [1.165, 1.54) is 15.9 Å². The lowest BCUT2D eigenvalue weighted by atomic mass is 10.1. The van der Waals surface area contributed by atoms with E-state index in [0.29, 0.717) is 18.0 Å². The predicted molar refractivity (Wildman–Crippen MR) is 169 cm³/mol. The van der Waals surface area contributed by atoms with E-state index in [9.17, 15) is 9.59 Å². The Balaban J connectivity index is 1.52. The van der Waals surface area contributed by atoms with Crippen LogP contribution in [0.25, 0.3) is 0 Å². The van der Waals surface area contributed by atoms with Crippen molar-refractivity contribution >= 4 is 69.2 Å². The van der Waals surface area contributed by atoms with Crippen LogP contribution in [0.2, 0.25) is 0 Å². The molecular formula is C31H30ClIN2O2P+. The van der Waals surface area contributed by atoms with E-state index in [0.717, 1.165) is 17.3 Å². The highest BCUT2D eigenvalue weighted by atomic mass is 127. The van der Waals surface area contributed by atoms with Gasteiger partial charge in [-0.05, 0) is 89.2 Å². The van der Waals surface area contributed by atoms with Crippen LogP contribution >= 0.6 is 41.5 Å². The van der Waals surface area contributed by atoms with E-state index in [4.69, 9.17) is 11.6 Å². The van der Waals surface area contributed by atoms with Crippen molar-refractivity contribution in [3.8, 4) is 0 Å². The Morgan fingerprint density at radius 1 is 0.816 bits per heavy atom. The van der Waals surface area contributed by atoms with Crippen LogP contribution in [0, 0.1) is 6.92 Å². The van der Waals surface area contributed by atoms with Crippen LogP contribution in [0.5, 0.6) is 0 Å². The number of rotatable bonds is 10. The van der Waals surface area contributed by atoms with Crippen LogP contribution < -0.4 is 26.5 Å². The molecule has 0 aliphatic carbocycles. The highest BCUT2D eigenvalue weighted by Crippen LogP contribution is 2.54. The second kappa shape index (κ2) is 13.4. The molecule has 0 aliphatic rings. The quantitative estimate of drug-likeness (QED) is 0.105. The number of carbonyl (C=O) groups excluding carboxylic acids is 2. The van der Waals surface area contributed by atoms with Crippen molar-refractivity contribution in [2.75, 3.05) is 12.7 Å². The van der Waals surface area contributed by atoms with Gasteiger partial charge >= 0.3 is 0 Å². The molecule has 1 atom stereocenters. The van der Waals surface area contributed by atoms with Gasteiger partial charge in [0.15, 0.2) is 4.05 Å². The molecule has 0 saturated carbocycles. The molecule has 0 aliphatic heterocycles. The van der Waals surface area contributed by atoms with Gasteiger partial charge in [0, 0.05) is 11.4 Å². The molecule has 2 N–H and O–H groups in total. The number of halogens is 2. The number of hydrogen-bond donors (Lipinski definition) is 2. The number of amides is 2. The lowest BCUT2D eigenvalue weighted by molar-refractivity contribution is -0.120. The van der Waals surface area contributed by atoms with Gasteiger partial charge in [-0.2, -0.15) is 0 Å². The van der Waals surface area contributed by atoms with Crippen LogP contribution in [0.15, 0.2) is 109 Å². The van der Waals surface area contributed by atoms with Crippen LogP contribution in [-0.4, -0.2) is 28.6 Å². The Morgan fingerprint density at radius 3 is 1.79 bits per heavy atom. The van der Waals surface area contributed by atoms with Gasteiger partial charge in [0.25, 0.3) is 11.8 Å². The molecule has 4 rings (SSSR count). The third-order valence-electron chi connectivity index (χ3n) is 6.58. The maximum atomic E-state index is 13.0. The molecule has 0 fully saturated rings. The Morgan fingerprint density at radius 2 is 1.32 bits per heavy atom. The summed E-state index contributed by atoms with van der Waals surface area (Å²) >= 11 is 7.97. The summed E-state index contributed by atoms with van der Waals surface area (Å²) in [6.45, 7) is 2.43. The zero-order valence-electron chi connectivity index (χ0n) is 21.1. The molecule has 0 spiro atoms. The van der Waals surface area contributed by atoms with Gasteiger partial charge < -0.3 is 10.6 Å². The van der Waals surface area contributed by atoms with Gasteiger partial charge in [-0.15, -0.1) is 11.6 Å². The van der Waals surface area contributed by atoms with Crippen molar-refractivity contribution in [1.82, 2.24) is 10.6 Å². The molecule has 4 aromatic rings. The Labute approximate surface area is 243 Å². The lowest BCUT2D eigenvalue weighted by Crippen LogP contribution is -2.45. The average Bonchev–Trinajstić information content (AvgIpc) is 2.97. The second-order valence-corrected chi connectivity index (χ2v) is 14.1. The Hall–Kier alpha value is -2.73. The Bertz CT molecular complexity index is 1270. The summed E-state index contributed by atoms with van der Waals surface area (Å²) in [5.74, 6) is -0.197. The first-order chi connectivity index (χ1) is 18.5. The molecule has 0 aromatic heterocycles. The first kappa shape index (κ1) is 28.3. The van der Waals surface area contributed by atoms with Crippen LogP contribution in [0.1, 0.15) is 21.5 Å². The zero-order chi connectivity index (χ0) is 27.0. The van der Waals surface area contributed by atoms with Gasteiger partial charge in [-0.1, -0.05) is 60.7 Å². The van der Waals surface area contributed by atoms with Crippen LogP contribution in [0.3, 0.4) is 0 Å². The summed E-state index contributed by atoms with van der Waals surface area (Å²) in [6.07, 6.45) is 0.755. The Kier molecular flexibility index (Phi) is 9.95. The van der Waals surface area contributed by atoms with E-state index in [1.54, 1.807) is 12.1 Å². The van der Waals surface area contributed by atoms with Crippen LogP contribution in [-0.2, 0) is 10.7 Å². The molecule has 2 amide bonds. The van der Waals surface area contributed by atoms with Crippen molar-refractivity contribution < 1.29 is 9.59 Å². The molecule has 0 saturated heterocycles. The highest BCUT2D eigenvalue weighted by Gasteiger charge is 2.44. The topological polar surface area (TPSA) is 58.2 Å². The molecule has 4 nitrogen and oxygen atoms in total. The summed E-state index contributed by atoms with van der Waals surface area (Å²) in [4.78, 5) is 25.8. The largest absolute Gasteiger partial charge is 0.350 e. The molecule has 4 aromatic carbocycles. The van der Waals surface area contributed by atoms with Gasteiger partial charge in [-0.25, -0.2) is 0 Å². The van der Waals surface area contributed by atoms with Crippen molar-refractivity contribution in [3.63, 3.8) is 0 Å². The summed E-state index contributed by atoms with van der Waals surface area (Å²) in [7, 11) is -2.05. The number of hydrogen-bond acceptors (Lipinski definition) is 2. The van der Waals surface area contributed by atoms with E-state index >= 15 is 0 Å². The molecule has 7 heteroatoms. The van der Waals surface area contributed by atoms with E-state index in [2.05, 4.69) is 83.4 Å². The minimum Gasteiger partial charge on any atom is -0.350 e. The van der Waals surface area contributed by atoms with Gasteiger partial charge in [-0.3, -0.25) is 9.59 Å². The predicted octanol–water partition coefficient (Wildman–Crippen LogP) is 5.34. The van der Waals surface area contributed by atoms with Gasteiger partial charge in [0.2, 0.25) is 0 Å². The molecule has 0 radical (unpaired) electrons. The van der Waals surface area contributed by atoms with E-state index in [-0.39, 0.29) is 11.8 Å². The molecular weight excluding hydrogens is 626 g/mol. The van der Waals surface area contributed by atoms with E-state index < -0.39 is 11.3 Å². The fraction of sp³-hybridized carbons (Fsp3) is 0.161. The standard InChI is InChI=1S/C31H29ClIN2O2P/c1-23-17-18-24(21-25(23)22-32)30(36)35-29(33)31(37)34-19-20-38(26-11-5-2-6-12-26,27-13-7-3-8-14-27)28-15-9-4-10-16-28/h2-18,21,29H,19-20,22H2,1H3,(H-,34,35,36,37)/p+1. The number of carbonyl (C=O) groups is 2. The van der Waals surface area contributed by atoms with Crippen molar-refractivity contribution in [2.24, 2.45) is 0 Å². The molecule has 1 unspecified atom stereocenters. The van der Waals surface area contributed by atoms with Crippen molar-refractivity contribution in [2.45, 2.75) is 16.9 Å². The lowest BCUT2D eigenvalue weighted by Gasteiger charge is -2.28. The number of benzene rings is 4. The maximum Gasteiger partial charge on any atom is 0.252 e. The summed E-state index contributed by atoms with van der Waals surface area (Å²) in [6, 6.07) is 37.1. The third-order valence-corrected chi connectivity index (χ3v) is 12.2. The summed E-state index contributed by atoms with van der Waals surface area (Å²) in [5, 5.41) is 9.68. The minimum atomic E-state index is -2.05. The molecule has 194 valence electrons. The fourth-order valence-electron chi connectivity index (χ4n) is 4.54. The second-order valence-electron chi connectivity index (χ2n) is 8.94. The average molecular weight is 656 g/mol. The summed E-state index contributed by atoms with van der Waals surface area (Å²) in [5.41, 5.74) is 2.42. The summed E-state index contributed by atoms with van der Waals surface area (Å²) < 4.78 is -0.709. The van der Waals surface area contributed by atoms with Crippen molar-refractivity contribution in [1.29, 1.82) is 0 Å². The monoisotopic (exact) mass is 655 g/mol.